The summed E-state index contributed by atoms with van der Waals surface area (Å²) >= 11 is 1.21. The lowest BCUT2D eigenvalue weighted by Gasteiger charge is -2.27. The Labute approximate surface area is 173 Å². The SMILES string of the molecule is Cc1nc(C)c(C(=O)C2=C([O-])C(=O)N(CCC[NH+](C)C)C2c2ccc(F)cc2)s1. The Bertz CT molecular complexity index is 966. The number of carbonyl (C=O) groups is 2. The van der Waals surface area contributed by atoms with Crippen LogP contribution in [0, 0.1) is 19.7 Å². The first-order chi connectivity index (χ1) is 13.7. The number of aryl methyl sites for hydroxylation is 2. The number of aromatic nitrogens is 1. The second-order valence-electron chi connectivity index (χ2n) is 7.48. The van der Waals surface area contributed by atoms with Gasteiger partial charge in [-0.05, 0) is 37.3 Å². The molecule has 1 aromatic carbocycles. The molecule has 154 valence electrons. The maximum atomic E-state index is 13.5. The fraction of sp³-hybridized carbons (Fsp3) is 0.381. The van der Waals surface area contributed by atoms with E-state index < -0.39 is 29.3 Å². The molecular formula is C21H24FN3O3S. The van der Waals surface area contributed by atoms with Gasteiger partial charge in [-0.15, -0.1) is 11.3 Å². The van der Waals surface area contributed by atoms with Crippen LogP contribution in [0.5, 0.6) is 0 Å². The molecule has 1 aliphatic rings. The second kappa shape index (κ2) is 8.42. The van der Waals surface area contributed by atoms with Crippen LogP contribution in [-0.2, 0) is 4.79 Å². The van der Waals surface area contributed by atoms with E-state index in [0.717, 1.165) is 6.54 Å². The third kappa shape index (κ3) is 4.23. The maximum absolute atomic E-state index is 13.5. The molecule has 0 bridgehead atoms. The molecule has 0 spiro atoms. The summed E-state index contributed by atoms with van der Waals surface area (Å²) in [5.74, 6) is -2.36. The monoisotopic (exact) mass is 417 g/mol. The van der Waals surface area contributed by atoms with Crippen LogP contribution >= 0.6 is 11.3 Å². The van der Waals surface area contributed by atoms with E-state index in [0.29, 0.717) is 34.1 Å². The van der Waals surface area contributed by atoms with Crippen molar-refractivity contribution in [1.29, 1.82) is 0 Å². The summed E-state index contributed by atoms with van der Waals surface area (Å²) < 4.78 is 13.5. The van der Waals surface area contributed by atoms with Crippen LogP contribution in [0.25, 0.3) is 0 Å². The van der Waals surface area contributed by atoms with E-state index >= 15 is 0 Å². The highest BCUT2D eigenvalue weighted by Gasteiger charge is 2.40. The molecule has 0 fully saturated rings. The Balaban J connectivity index is 2.03. The van der Waals surface area contributed by atoms with Crippen molar-refractivity contribution < 1.29 is 24.0 Å². The van der Waals surface area contributed by atoms with Crippen LogP contribution < -0.4 is 10.0 Å². The number of benzene rings is 1. The number of ketones is 1. The van der Waals surface area contributed by atoms with Crippen molar-refractivity contribution in [2.24, 2.45) is 0 Å². The first kappa shape index (κ1) is 21.1. The summed E-state index contributed by atoms with van der Waals surface area (Å²) in [5.41, 5.74) is 1.01. The number of carbonyl (C=O) groups excluding carboxylic acids is 2. The fourth-order valence-electron chi connectivity index (χ4n) is 3.56. The molecule has 1 atom stereocenters. The molecule has 1 unspecified atom stereocenters. The van der Waals surface area contributed by atoms with Gasteiger partial charge in [0.25, 0.3) is 0 Å². The van der Waals surface area contributed by atoms with E-state index in [1.807, 2.05) is 14.1 Å². The number of amides is 1. The van der Waals surface area contributed by atoms with Gasteiger partial charge in [-0.3, -0.25) is 9.59 Å². The van der Waals surface area contributed by atoms with Gasteiger partial charge in [-0.25, -0.2) is 9.37 Å². The van der Waals surface area contributed by atoms with Crippen LogP contribution in [0.3, 0.4) is 0 Å². The van der Waals surface area contributed by atoms with Crippen LogP contribution in [-0.4, -0.2) is 48.8 Å². The molecule has 1 N–H and O–H groups in total. The summed E-state index contributed by atoms with van der Waals surface area (Å²) in [6, 6.07) is 4.77. The molecule has 2 aromatic rings. The number of Topliss-reactive ketones (excluding diaryl/α,β-unsaturated/α-hetero) is 1. The fourth-order valence-corrected chi connectivity index (χ4v) is 4.43. The van der Waals surface area contributed by atoms with E-state index in [-0.39, 0.29) is 5.57 Å². The van der Waals surface area contributed by atoms with E-state index in [9.17, 15) is 19.1 Å². The molecule has 2 heterocycles. The Morgan fingerprint density at radius 1 is 1.28 bits per heavy atom. The number of hydrogen-bond donors (Lipinski definition) is 1. The molecule has 1 aliphatic heterocycles. The van der Waals surface area contributed by atoms with Crippen molar-refractivity contribution in [3.05, 3.63) is 62.6 Å². The molecule has 6 nitrogen and oxygen atoms in total. The molecule has 1 amide bonds. The van der Waals surface area contributed by atoms with Crippen molar-refractivity contribution in [3.63, 3.8) is 0 Å². The van der Waals surface area contributed by atoms with Gasteiger partial charge < -0.3 is 14.9 Å². The van der Waals surface area contributed by atoms with Crippen molar-refractivity contribution in [3.8, 4) is 0 Å². The topological polar surface area (TPSA) is 77.8 Å². The third-order valence-electron chi connectivity index (χ3n) is 4.90. The largest absolute Gasteiger partial charge is 0.868 e. The molecule has 8 heteroatoms. The van der Waals surface area contributed by atoms with Gasteiger partial charge in [0.2, 0.25) is 11.7 Å². The molecule has 0 saturated carbocycles. The summed E-state index contributed by atoms with van der Waals surface area (Å²) in [6.07, 6.45) is 0.680. The second-order valence-corrected chi connectivity index (χ2v) is 8.69. The highest BCUT2D eigenvalue weighted by molar-refractivity contribution is 7.14. The van der Waals surface area contributed by atoms with Gasteiger partial charge in [0, 0.05) is 18.5 Å². The Morgan fingerprint density at radius 3 is 2.48 bits per heavy atom. The Hall–Kier alpha value is -2.58. The number of quaternary nitrogens is 1. The summed E-state index contributed by atoms with van der Waals surface area (Å²) in [4.78, 5) is 33.3. The molecule has 0 radical (unpaired) electrons. The average molecular weight is 418 g/mol. The van der Waals surface area contributed by atoms with E-state index in [1.165, 1.54) is 45.4 Å². The number of nitrogens with zero attached hydrogens (tertiary/aromatic N) is 2. The van der Waals surface area contributed by atoms with Crippen molar-refractivity contribution in [2.45, 2.75) is 26.3 Å². The van der Waals surface area contributed by atoms with E-state index in [2.05, 4.69) is 4.98 Å². The summed E-state index contributed by atoms with van der Waals surface area (Å²) in [5, 5.41) is 13.6. The minimum absolute atomic E-state index is 0.0782. The Morgan fingerprint density at radius 2 is 1.93 bits per heavy atom. The molecule has 1 aromatic heterocycles. The van der Waals surface area contributed by atoms with E-state index in [4.69, 9.17) is 0 Å². The number of halogens is 1. The van der Waals surface area contributed by atoms with Crippen LogP contribution in [0.15, 0.2) is 35.6 Å². The van der Waals surface area contributed by atoms with Crippen LogP contribution in [0.2, 0.25) is 0 Å². The molecular weight excluding hydrogens is 393 g/mol. The van der Waals surface area contributed by atoms with Gasteiger partial charge in [-0.1, -0.05) is 12.1 Å². The minimum Gasteiger partial charge on any atom is -0.868 e. The molecule has 3 rings (SSSR count). The number of hydrogen-bond acceptors (Lipinski definition) is 5. The Kier molecular flexibility index (Phi) is 6.14. The lowest BCUT2D eigenvalue weighted by atomic mass is 9.95. The highest BCUT2D eigenvalue weighted by atomic mass is 32.1. The summed E-state index contributed by atoms with van der Waals surface area (Å²) in [7, 11) is 4.01. The quantitative estimate of drug-likeness (QED) is 0.677. The van der Waals surface area contributed by atoms with Gasteiger partial charge in [0.15, 0.2) is 0 Å². The smallest absolute Gasteiger partial charge is 0.239 e. The molecule has 0 aliphatic carbocycles. The zero-order valence-corrected chi connectivity index (χ0v) is 17.7. The highest BCUT2D eigenvalue weighted by Crippen LogP contribution is 2.39. The van der Waals surface area contributed by atoms with Crippen molar-refractivity contribution in [2.75, 3.05) is 27.2 Å². The number of rotatable bonds is 7. The van der Waals surface area contributed by atoms with Crippen LogP contribution in [0.4, 0.5) is 4.39 Å². The maximum Gasteiger partial charge on any atom is 0.239 e. The van der Waals surface area contributed by atoms with Gasteiger partial charge >= 0.3 is 0 Å². The minimum atomic E-state index is -0.818. The zero-order chi connectivity index (χ0) is 21.3. The van der Waals surface area contributed by atoms with Gasteiger partial charge in [0.1, 0.15) is 5.82 Å². The molecule has 0 saturated heterocycles. The van der Waals surface area contributed by atoms with Gasteiger partial charge in [-0.2, -0.15) is 0 Å². The predicted octanol–water partition coefficient (Wildman–Crippen LogP) is 0.814. The van der Waals surface area contributed by atoms with E-state index in [1.54, 1.807) is 13.8 Å². The number of nitrogens with one attached hydrogen (secondary N) is 1. The van der Waals surface area contributed by atoms with Crippen LogP contribution in [0.1, 0.15) is 38.4 Å². The third-order valence-corrected chi connectivity index (χ3v) is 5.97. The summed E-state index contributed by atoms with van der Waals surface area (Å²) in [6.45, 7) is 4.65. The molecule has 29 heavy (non-hydrogen) atoms. The number of thiazole rings is 1. The lowest BCUT2D eigenvalue weighted by Crippen LogP contribution is -3.05. The van der Waals surface area contributed by atoms with Crippen molar-refractivity contribution >= 4 is 23.0 Å². The normalized spacial score (nSPS) is 17.0. The predicted molar refractivity (Wildman–Crippen MR) is 106 cm³/mol. The standard InChI is InChI=1S/C21H24FN3O3S/c1-12-20(29-13(2)23-12)18(26)16-17(14-6-8-15(22)9-7-14)25(21(28)19(16)27)11-5-10-24(3)4/h6-9,17,27H,5,10-11H2,1-4H3. The average Bonchev–Trinajstić information content (AvgIpc) is 3.12. The zero-order valence-electron chi connectivity index (χ0n) is 16.9. The first-order valence-corrected chi connectivity index (χ1v) is 10.3. The van der Waals surface area contributed by atoms with Crippen molar-refractivity contribution in [1.82, 2.24) is 9.88 Å². The lowest BCUT2D eigenvalue weighted by molar-refractivity contribution is -0.858. The first-order valence-electron chi connectivity index (χ1n) is 9.46. The van der Waals surface area contributed by atoms with Gasteiger partial charge in [0.05, 0.1) is 42.3 Å².